The number of fused-ring (bicyclic) bond motifs is 1. The van der Waals surface area contributed by atoms with E-state index in [1.807, 2.05) is 35.7 Å². The molecule has 0 amide bonds. The normalized spacial score (nSPS) is 11.8. The van der Waals surface area contributed by atoms with Crippen molar-refractivity contribution in [3.63, 3.8) is 0 Å². The number of rotatable bonds is 5. The molecule has 0 saturated carbocycles. The Morgan fingerprint density at radius 2 is 1.93 bits per heavy atom. The summed E-state index contributed by atoms with van der Waals surface area (Å²) < 4.78 is 40.2. The van der Waals surface area contributed by atoms with Crippen LogP contribution < -0.4 is 5.32 Å². The number of thiazole rings is 1. The molecule has 0 aliphatic carbocycles. The van der Waals surface area contributed by atoms with Crippen molar-refractivity contribution >= 4 is 22.9 Å². The summed E-state index contributed by atoms with van der Waals surface area (Å²) >= 11 is 1.53. The predicted octanol–water partition coefficient (Wildman–Crippen LogP) is 3.92. The topological polar surface area (TPSA) is 68.0 Å². The van der Waals surface area contributed by atoms with E-state index >= 15 is 0 Å². The van der Waals surface area contributed by atoms with Crippen molar-refractivity contribution in [1.29, 1.82) is 0 Å². The summed E-state index contributed by atoms with van der Waals surface area (Å²) in [6, 6.07) is 10.7. The van der Waals surface area contributed by atoms with Crippen molar-refractivity contribution in [2.45, 2.75) is 12.6 Å². The van der Waals surface area contributed by atoms with Crippen molar-refractivity contribution < 1.29 is 13.2 Å². The molecular formula is C17H13F3N6S. The molecule has 27 heavy (non-hydrogen) atoms. The Bertz CT molecular complexity index is 1060. The second-order valence-electron chi connectivity index (χ2n) is 5.68. The highest BCUT2D eigenvalue weighted by Gasteiger charge is 2.34. The lowest BCUT2D eigenvalue weighted by molar-refractivity contribution is -0.141. The number of anilines is 1. The summed E-state index contributed by atoms with van der Waals surface area (Å²) in [6.07, 6.45) is -2.83. The van der Waals surface area contributed by atoms with Gasteiger partial charge in [0.25, 0.3) is 5.78 Å². The standard InChI is InChI=1S/C17H13F3N6S/c18-17(19,20)13-8-14(26-16(25-13)22-10-23-26)21-7-6-12-9-27-15(24-12)11-4-2-1-3-5-11/h1-5,8-10,21H,6-7H2. The highest BCUT2D eigenvalue weighted by Crippen LogP contribution is 2.29. The molecule has 10 heteroatoms. The molecular weight excluding hydrogens is 377 g/mol. The minimum Gasteiger partial charge on any atom is -0.369 e. The van der Waals surface area contributed by atoms with Gasteiger partial charge in [0.2, 0.25) is 0 Å². The van der Waals surface area contributed by atoms with Crippen LogP contribution in [0.25, 0.3) is 16.3 Å². The van der Waals surface area contributed by atoms with Crippen LogP contribution in [0.5, 0.6) is 0 Å². The maximum atomic E-state index is 13.0. The van der Waals surface area contributed by atoms with Crippen molar-refractivity contribution in [1.82, 2.24) is 24.6 Å². The molecule has 1 aromatic carbocycles. The van der Waals surface area contributed by atoms with Crippen molar-refractivity contribution in [3.05, 3.63) is 59.5 Å². The smallest absolute Gasteiger partial charge is 0.369 e. The van der Waals surface area contributed by atoms with E-state index in [2.05, 4.69) is 25.4 Å². The molecule has 138 valence electrons. The van der Waals surface area contributed by atoms with Gasteiger partial charge < -0.3 is 5.32 Å². The number of nitrogens with one attached hydrogen (secondary N) is 1. The summed E-state index contributed by atoms with van der Waals surface area (Å²) in [5, 5.41) is 9.74. The number of hydrogen-bond acceptors (Lipinski definition) is 6. The molecule has 4 rings (SSSR count). The summed E-state index contributed by atoms with van der Waals surface area (Å²) in [5.74, 6) is 0.0793. The first-order chi connectivity index (χ1) is 13.0. The maximum absolute atomic E-state index is 13.0. The number of alkyl halides is 3. The molecule has 0 saturated heterocycles. The third kappa shape index (κ3) is 3.75. The summed E-state index contributed by atoms with van der Waals surface area (Å²) in [6.45, 7) is 0.397. The van der Waals surface area contributed by atoms with Gasteiger partial charge in [-0.25, -0.2) is 9.97 Å². The van der Waals surface area contributed by atoms with E-state index < -0.39 is 11.9 Å². The van der Waals surface area contributed by atoms with E-state index in [-0.39, 0.29) is 11.6 Å². The van der Waals surface area contributed by atoms with Gasteiger partial charge in [0.15, 0.2) is 5.69 Å². The van der Waals surface area contributed by atoms with Gasteiger partial charge >= 0.3 is 6.18 Å². The van der Waals surface area contributed by atoms with Crippen LogP contribution in [0.4, 0.5) is 19.0 Å². The Morgan fingerprint density at radius 1 is 1.11 bits per heavy atom. The molecule has 0 fully saturated rings. The molecule has 3 heterocycles. The third-order valence-electron chi connectivity index (χ3n) is 3.80. The lowest BCUT2D eigenvalue weighted by Crippen LogP contribution is -2.14. The number of hydrogen-bond donors (Lipinski definition) is 1. The molecule has 0 aliphatic rings. The number of benzene rings is 1. The zero-order valence-electron chi connectivity index (χ0n) is 13.8. The number of nitrogens with zero attached hydrogens (tertiary/aromatic N) is 5. The zero-order chi connectivity index (χ0) is 18.9. The van der Waals surface area contributed by atoms with Crippen molar-refractivity contribution in [2.75, 3.05) is 11.9 Å². The summed E-state index contributed by atoms with van der Waals surface area (Å²) in [4.78, 5) is 11.8. The predicted molar refractivity (Wildman–Crippen MR) is 95.5 cm³/mol. The van der Waals surface area contributed by atoms with E-state index in [0.717, 1.165) is 22.3 Å². The van der Waals surface area contributed by atoms with Gasteiger partial charge in [0.1, 0.15) is 17.2 Å². The molecule has 3 aromatic heterocycles. The Balaban J connectivity index is 1.48. The average molecular weight is 390 g/mol. The summed E-state index contributed by atoms with van der Waals surface area (Å²) in [7, 11) is 0. The molecule has 6 nitrogen and oxygen atoms in total. The molecule has 0 aliphatic heterocycles. The van der Waals surface area contributed by atoms with Crippen LogP contribution in [0.15, 0.2) is 48.1 Å². The van der Waals surface area contributed by atoms with Gasteiger partial charge in [-0.1, -0.05) is 30.3 Å². The first kappa shape index (κ1) is 17.4. The van der Waals surface area contributed by atoms with Crippen LogP contribution in [0.1, 0.15) is 11.4 Å². The SMILES string of the molecule is FC(F)(F)c1cc(NCCc2csc(-c3ccccc3)n2)n2ncnc2n1. The number of aromatic nitrogens is 5. The Labute approximate surface area is 155 Å². The van der Waals surface area contributed by atoms with Crippen LogP contribution in [0, 0.1) is 0 Å². The molecule has 0 atom stereocenters. The van der Waals surface area contributed by atoms with Gasteiger partial charge in [-0.15, -0.1) is 11.3 Å². The van der Waals surface area contributed by atoms with Gasteiger partial charge in [0.05, 0.1) is 5.69 Å². The second kappa shape index (κ2) is 6.95. The zero-order valence-corrected chi connectivity index (χ0v) is 14.6. The van der Waals surface area contributed by atoms with E-state index in [9.17, 15) is 13.2 Å². The first-order valence-electron chi connectivity index (χ1n) is 8.02. The molecule has 0 unspecified atom stereocenters. The van der Waals surface area contributed by atoms with E-state index in [1.54, 1.807) is 0 Å². The van der Waals surface area contributed by atoms with Crippen LogP contribution >= 0.6 is 11.3 Å². The number of halogens is 3. The largest absolute Gasteiger partial charge is 0.433 e. The van der Waals surface area contributed by atoms with Gasteiger partial charge in [-0.3, -0.25) is 0 Å². The second-order valence-corrected chi connectivity index (χ2v) is 6.54. The monoisotopic (exact) mass is 390 g/mol. The van der Waals surface area contributed by atoms with Gasteiger partial charge in [0, 0.05) is 30.0 Å². The minimum atomic E-state index is -4.55. The fourth-order valence-corrected chi connectivity index (χ4v) is 3.40. The fourth-order valence-electron chi connectivity index (χ4n) is 2.54. The minimum absolute atomic E-state index is 0.104. The summed E-state index contributed by atoms with van der Waals surface area (Å²) in [5.41, 5.74) is 0.895. The maximum Gasteiger partial charge on any atom is 0.433 e. The highest BCUT2D eigenvalue weighted by atomic mass is 32.1. The molecule has 4 aromatic rings. The van der Waals surface area contributed by atoms with Crippen LogP contribution in [0.3, 0.4) is 0 Å². The Hall–Kier alpha value is -3.01. The fraction of sp³-hybridized carbons (Fsp3) is 0.176. The quantitative estimate of drug-likeness (QED) is 0.559. The van der Waals surface area contributed by atoms with Crippen LogP contribution in [0.2, 0.25) is 0 Å². The Kier molecular flexibility index (Phi) is 4.48. The molecule has 0 bridgehead atoms. The molecule has 0 spiro atoms. The van der Waals surface area contributed by atoms with Crippen molar-refractivity contribution in [3.8, 4) is 10.6 Å². The Morgan fingerprint density at radius 3 is 2.70 bits per heavy atom. The lowest BCUT2D eigenvalue weighted by atomic mass is 10.2. The van der Waals surface area contributed by atoms with Crippen LogP contribution in [-0.4, -0.2) is 31.1 Å². The van der Waals surface area contributed by atoms with Gasteiger partial charge in [-0.05, 0) is 0 Å². The first-order valence-corrected chi connectivity index (χ1v) is 8.90. The third-order valence-corrected chi connectivity index (χ3v) is 4.74. The van der Waals surface area contributed by atoms with E-state index in [1.165, 1.54) is 22.2 Å². The van der Waals surface area contributed by atoms with Crippen molar-refractivity contribution in [2.24, 2.45) is 0 Å². The molecule has 0 radical (unpaired) electrons. The van der Waals surface area contributed by atoms with Crippen LogP contribution in [-0.2, 0) is 12.6 Å². The lowest BCUT2D eigenvalue weighted by Gasteiger charge is -2.11. The highest BCUT2D eigenvalue weighted by molar-refractivity contribution is 7.13. The van der Waals surface area contributed by atoms with E-state index in [0.29, 0.717) is 13.0 Å². The van der Waals surface area contributed by atoms with E-state index in [4.69, 9.17) is 0 Å². The average Bonchev–Trinajstić information content (AvgIpc) is 3.31. The molecule has 1 N–H and O–H groups in total. The van der Waals surface area contributed by atoms with Gasteiger partial charge in [-0.2, -0.15) is 27.8 Å².